The topological polar surface area (TPSA) is 0 Å². The van der Waals surface area contributed by atoms with Gasteiger partial charge in [-0.05, 0) is 0 Å². The maximum atomic E-state index is 2.12. The summed E-state index contributed by atoms with van der Waals surface area (Å²) >= 11 is 0. The molecule has 0 amide bonds. The minimum Gasteiger partial charge on any atom is -0.0776 e. The van der Waals surface area contributed by atoms with E-state index in [1.807, 2.05) is 128 Å². The van der Waals surface area contributed by atoms with Gasteiger partial charge in [0.25, 0.3) is 0 Å². The Hall–Kier alpha value is -1.56. The van der Waals surface area contributed by atoms with Crippen LogP contribution in [0.2, 0.25) is 0 Å². The summed E-state index contributed by atoms with van der Waals surface area (Å²) in [6.45, 7) is 20.2. The van der Waals surface area contributed by atoms with Gasteiger partial charge in [-0.2, -0.15) is 0 Å². The molecule has 2 rings (SSSR count). The van der Waals surface area contributed by atoms with Crippen molar-refractivity contribution in [3.63, 3.8) is 0 Å². The highest BCUT2D eigenvalue weighted by atomic mass is 13.7. The molecule has 0 aliphatic heterocycles. The van der Waals surface area contributed by atoms with E-state index in [0.29, 0.717) is 0 Å². The van der Waals surface area contributed by atoms with E-state index in [2.05, 4.69) is 13.8 Å². The minimum atomic E-state index is 0. The van der Waals surface area contributed by atoms with Gasteiger partial charge in [0.15, 0.2) is 0 Å². The Morgan fingerprint density at radius 1 is 0.308 bits per heavy atom. The van der Waals surface area contributed by atoms with E-state index >= 15 is 0 Å². The SMILES string of the molecule is C.C.C.CC.CC.CC.CC.CCC.c1ccccc1.c1ccccc1. The lowest BCUT2D eigenvalue weighted by Crippen LogP contribution is -1.47. The van der Waals surface area contributed by atoms with Gasteiger partial charge in [-0.25, -0.2) is 0 Å². The normalized spacial score (nSPS) is 5.31. The summed E-state index contributed by atoms with van der Waals surface area (Å²) in [7, 11) is 0. The molecule has 0 bridgehead atoms. The van der Waals surface area contributed by atoms with Crippen LogP contribution in [-0.2, 0) is 0 Å². The van der Waals surface area contributed by atoms with Gasteiger partial charge in [0.2, 0.25) is 0 Å². The Kier molecular flexibility index (Phi) is 172. The van der Waals surface area contributed by atoms with Crippen molar-refractivity contribution in [3.05, 3.63) is 72.8 Å². The van der Waals surface area contributed by atoms with Crippen LogP contribution in [-0.4, -0.2) is 0 Å². The second kappa shape index (κ2) is 90.2. The van der Waals surface area contributed by atoms with Gasteiger partial charge < -0.3 is 0 Å². The van der Waals surface area contributed by atoms with E-state index in [1.165, 1.54) is 6.42 Å². The monoisotopic (exact) mass is 368 g/mol. The maximum absolute atomic E-state index is 2.12. The summed E-state index contributed by atoms with van der Waals surface area (Å²) in [5, 5.41) is 0. The standard InChI is InChI=1S/2C6H6.C3H8.4C2H6.3CH4/c2*1-2-4-6-5-3-1;1-3-2;4*1-2;;;/h2*1-6H;3H2,1-2H3;4*1-2H3;3*1H4. The summed E-state index contributed by atoms with van der Waals surface area (Å²) < 4.78 is 0. The zero-order valence-electron chi connectivity index (χ0n) is 17.6. The van der Waals surface area contributed by atoms with Gasteiger partial charge in [0.05, 0.1) is 0 Å². The first-order chi connectivity index (χ1) is 11.4. The molecular formula is C26H56. The average molecular weight is 369 g/mol. The van der Waals surface area contributed by atoms with Crippen LogP contribution in [0.3, 0.4) is 0 Å². The van der Waals surface area contributed by atoms with Crippen molar-refractivity contribution >= 4 is 0 Å². The van der Waals surface area contributed by atoms with Crippen molar-refractivity contribution in [2.75, 3.05) is 0 Å². The van der Waals surface area contributed by atoms with Crippen LogP contribution in [0.1, 0.15) is 97.9 Å². The molecule has 160 valence electrons. The zero-order chi connectivity index (χ0) is 19.2. The average Bonchev–Trinajstić information content (AvgIpc) is 2.72. The molecule has 0 heterocycles. The van der Waals surface area contributed by atoms with Crippen LogP contribution in [0.4, 0.5) is 0 Å². The van der Waals surface area contributed by atoms with Crippen molar-refractivity contribution in [1.29, 1.82) is 0 Å². The molecule has 0 radical (unpaired) electrons. The summed E-state index contributed by atoms with van der Waals surface area (Å²) in [6, 6.07) is 24.0. The first-order valence-corrected chi connectivity index (χ1v) is 9.41. The number of rotatable bonds is 0. The fourth-order valence-electron chi connectivity index (χ4n) is 0.770. The van der Waals surface area contributed by atoms with Crippen molar-refractivity contribution in [2.45, 2.75) is 97.9 Å². The van der Waals surface area contributed by atoms with Crippen molar-refractivity contribution in [3.8, 4) is 0 Å². The molecule has 0 spiro atoms. The van der Waals surface area contributed by atoms with E-state index in [4.69, 9.17) is 0 Å². The molecule has 0 atom stereocenters. The number of hydrogen-bond donors (Lipinski definition) is 0. The molecule has 0 aliphatic carbocycles. The smallest absolute Gasteiger partial charge is 0.0590 e. The zero-order valence-corrected chi connectivity index (χ0v) is 17.6. The predicted molar refractivity (Wildman–Crippen MR) is 134 cm³/mol. The summed E-state index contributed by atoms with van der Waals surface area (Å²) in [4.78, 5) is 0. The molecule has 0 aromatic heterocycles. The minimum absolute atomic E-state index is 0. The molecule has 0 unspecified atom stereocenters. The molecule has 0 nitrogen and oxygen atoms in total. The first-order valence-electron chi connectivity index (χ1n) is 9.41. The van der Waals surface area contributed by atoms with E-state index < -0.39 is 0 Å². The Balaban J connectivity index is -0.0000000256. The maximum Gasteiger partial charge on any atom is -0.0590 e. The molecule has 0 saturated carbocycles. The van der Waals surface area contributed by atoms with Gasteiger partial charge in [-0.1, -0.05) is 171 Å². The van der Waals surface area contributed by atoms with Crippen LogP contribution < -0.4 is 0 Å². The molecule has 2 aromatic carbocycles. The lowest BCUT2D eigenvalue weighted by atomic mass is 10.4. The fraction of sp³-hybridized carbons (Fsp3) is 0.538. The Labute approximate surface area is 171 Å². The molecule has 0 heteroatoms. The van der Waals surface area contributed by atoms with E-state index in [0.717, 1.165) is 0 Å². The Morgan fingerprint density at radius 3 is 0.385 bits per heavy atom. The molecule has 26 heavy (non-hydrogen) atoms. The second-order valence-electron chi connectivity index (χ2n) is 3.02. The van der Waals surface area contributed by atoms with Crippen molar-refractivity contribution in [2.24, 2.45) is 0 Å². The first kappa shape index (κ1) is 49.7. The van der Waals surface area contributed by atoms with Crippen LogP contribution in [0.15, 0.2) is 72.8 Å². The highest BCUT2D eigenvalue weighted by molar-refractivity contribution is 4.99. The Bertz CT molecular complexity index is 188. The molecule has 0 saturated heterocycles. The third-order valence-corrected chi connectivity index (χ3v) is 1.33. The van der Waals surface area contributed by atoms with Crippen LogP contribution >= 0.6 is 0 Å². The van der Waals surface area contributed by atoms with Crippen molar-refractivity contribution < 1.29 is 0 Å². The molecular weight excluding hydrogens is 312 g/mol. The highest BCUT2D eigenvalue weighted by Gasteiger charge is 1.58. The van der Waals surface area contributed by atoms with Gasteiger partial charge in [0, 0.05) is 0 Å². The molecule has 0 aliphatic rings. The summed E-state index contributed by atoms with van der Waals surface area (Å²) in [5.41, 5.74) is 0. The van der Waals surface area contributed by atoms with E-state index in [9.17, 15) is 0 Å². The van der Waals surface area contributed by atoms with Crippen LogP contribution in [0.5, 0.6) is 0 Å². The quantitative estimate of drug-likeness (QED) is 0.433. The number of benzene rings is 2. The van der Waals surface area contributed by atoms with Gasteiger partial charge in [-0.15, -0.1) is 0 Å². The largest absolute Gasteiger partial charge is 0.0776 e. The Morgan fingerprint density at radius 2 is 0.346 bits per heavy atom. The molecule has 0 fully saturated rings. The molecule has 2 aromatic rings. The third kappa shape index (κ3) is 94.6. The summed E-state index contributed by atoms with van der Waals surface area (Å²) in [5.74, 6) is 0. The lowest BCUT2D eigenvalue weighted by Gasteiger charge is -1.69. The van der Waals surface area contributed by atoms with Gasteiger partial charge in [-0.3, -0.25) is 0 Å². The second-order valence-corrected chi connectivity index (χ2v) is 3.02. The lowest BCUT2D eigenvalue weighted by molar-refractivity contribution is 1.09. The van der Waals surface area contributed by atoms with Gasteiger partial charge >= 0.3 is 0 Å². The molecule has 0 N–H and O–H groups in total. The predicted octanol–water partition coefficient (Wildman–Crippen LogP) is 10.8. The third-order valence-electron chi connectivity index (χ3n) is 1.33. The van der Waals surface area contributed by atoms with Gasteiger partial charge in [0.1, 0.15) is 0 Å². The highest BCUT2D eigenvalue weighted by Crippen LogP contribution is 1.80. The fourth-order valence-corrected chi connectivity index (χ4v) is 0.770. The number of hydrogen-bond acceptors (Lipinski definition) is 0. The van der Waals surface area contributed by atoms with Crippen molar-refractivity contribution in [1.82, 2.24) is 0 Å². The van der Waals surface area contributed by atoms with Crippen LogP contribution in [0, 0.1) is 0 Å². The van der Waals surface area contributed by atoms with E-state index in [1.54, 1.807) is 0 Å². The summed E-state index contributed by atoms with van der Waals surface area (Å²) in [6.07, 6.45) is 1.25. The van der Waals surface area contributed by atoms with E-state index in [-0.39, 0.29) is 22.3 Å². The van der Waals surface area contributed by atoms with Crippen LogP contribution in [0.25, 0.3) is 0 Å².